The minimum atomic E-state index is -0.875. The van der Waals surface area contributed by atoms with E-state index in [-0.39, 0.29) is 5.56 Å². The van der Waals surface area contributed by atoms with Crippen molar-refractivity contribution in [2.24, 2.45) is 17.8 Å². The number of benzene rings is 1. The molecule has 1 aromatic carbocycles. The van der Waals surface area contributed by atoms with Crippen LogP contribution in [0.4, 0.5) is 8.78 Å². The summed E-state index contributed by atoms with van der Waals surface area (Å²) in [6.07, 6.45) is 5.45. The first-order valence-electron chi connectivity index (χ1n) is 8.74. The third kappa shape index (κ3) is 3.60. The second-order valence-electron chi connectivity index (χ2n) is 6.92. The summed E-state index contributed by atoms with van der Waals surface area (Å²) in [4.78, 5) is 0. The molecule has 0 radical (unpaired) electrons. The number of rotatable bonds is 3. The van der Waals surface area contributed by atoms with Crippen LogP contribution in [0, 0.1) is 40.7 Å². The molecule has 1 aliphatic carbocycles. The van der Waals surface area contributed by atoms with Crippen LogP contribution in [0.3, 0.4) is 0 Å². The van der Waals surface area contributed by atoms with Gasteiger partial charge in [-0.3, -0.25) is 0 Å². The van der Waals surface area contributed by atoms with Crippen molar-refractivity contribution in [2.75, 3.05) is 13.2 Å². The smallest absolute Gasteiger partial charge is 0.184 e. The first kappa shape index (κ1) is 17.3. The van der Waals surface area contributed by atoms with E-state index in [0.717, 1.165) is 18.1 Å². The van der Waals surface area contributed by atoms with Gasteiger partial charge in [0.25, 0.3) is 0 Å². The van der Waals surface area contributed by atoms with E-state index in [1.54, 1.807) is 0 Å². The lowest BCUT2D eigenvalue weighted by Gasteiger charge is -2.37. The van der Waals surface area contributed by atoms with Gasteiger partial charge in [-0.15, -0.1) is 0 Å². The van der Waals surface area contributed by atoms with Crippen LogP contribution in [0.25, 0.3) is 0 Å². The van der Waals surface area contributed by atoms with Gasteiger partial charge < -0.3 is 9.47 Å². The molecular weight excluding hydrogens is 312 g/mol. The van der Waals surface area contributed by atoms with Crippen molar-refractivity contribution in [2.45, 2.75) is 45.3 Å². The molecule has 1 saturated carbocycles. The van der Waals surface area contributed by atoms with E-state index in [0.29, 0.717) is 25.0 Å². The third-order valence-corrected chi connectivity index (χ3v) is 5.51. The van der Waals surface area contributed by atoms with Crippen molar-refractivity contribution in [3.8, 4) is 6.07 Å². The van der Waals surface area contributed by atoms with Gasteiger partial charge in [-0.1, -0.05) is 26.2 Å². The summed E-state index contributed by atoms with van der Waals surface area (Å²) >= 11 is 0. The Morgan fingerprint density at radius 1 is 1.04 bits per heavy atom. The fraction of sp³-hybridized carbons (Fsp3) is 0.632. The minimum Gasteiger partial charge on any atom is -0.348 e. The molecule has 0 amide bonds. The molecule has 5 heteroatoms. The second-order valence-corrected chi connectivity index (χ2v) is 6.92. The lowest BCUT2D eigenvalue weighted by Crippen LogP contribution is -2.34. The van der Waals surface area contributed by atoms with Crippen LogP contribution < -0.4 is 0 Å². The van der Waals surface area contributed by atoms with Gasteiger partial charge in [0, 0.05) is 11.5 Å². The number of halogens is 2. The molecule has 2 aliphatic rings. The van der Waals surface area contributed by atoms with E-state index in [4.69, 9.17) is 14.7 Å². The molecule has 0 N–H and O–H groups in total. The van der Waals surface area contributed by atoms with Gasteiger partial charge in [0.1, 0.15) is 23.3 Å². The zero-order valence-corrected chi connectivity index (χ0v) is 13.9. The number of nitriles is 1. The monoisotopic (exact) mass is 335 g/mol. The Bertz CT molecular complexity index is 589. The van der Waals surface area contributed by atoms with E-state index < -0.39 is 23.5 Å². The average Bonchev–Trinajstić information content (AvgIpc) is 2.62. The van der Waals surface area contributed by atoms with Crippen molar-refractivity contribution in [1.29, 1.82) is 5.26 Å². The molecule has 0 aromatic heterocycles. The Balaban J connectivity index is 1.59. The summed E-state index contributed by atoms with van der Waals surface area (Å²) < 4.78 is 38.9. The number of nitrogens with zero attached hydrogens (tertiary/aromatic N) is 1. The number of hydrogen-bond donors (Lipinski definition) is 0. The van der Waals surface area contributed by atoms with E-state index in [2.05, 4.69) is 6.92 Å². The molecule has 1 saturated heterocycles. The van der Waals surface area contributed by atoms with E-state index in [1.807, 2.05) is 0 Å². The number of hydrogen-bond acceptors (Lipinski definition) is 3. The first-order valence-corrected chi connectivity index (χ1v) is 8.74. The quantitative estimate of drug-likeness (QED) is 0.803. The fourth-order valence-electron chi connectivity index (χ4n) is 3.89. The lowest BCUT2D eigenvalue weighted by atomic mass is 9.75. The zero-order chi connectivity index (χ0) is 17.1. The van der Waals surface area contributed by atoms with Gasteiger partial charge in [0.05, 0.1) is 13.2 Å². The highest BCUT2D eigenvalue weighted by Crippen LogP contribution is 2.38. The molecule has 1 aliphatic heterocycles. The first-order chi connectivity index (χ1) is 11.6. The molecule has 0 atom stereocenters. The predicted molar refractivity (Wildman–Crippen MR) is 84.9 cm³/mol. The summed E-state index contributed by atoms with van der Waals surface area (Å²) in [7, 11) is 0. The number of ether oxygens (including phenoxy) is 2. The summed E-state index contributed by atoms with van der Waals surface area (Å²) in [6.45, 7) is 3.35. The van der Waals surface area contributed by atoms with Gasteiger partial charge in [0.2, 0.25) is 0 Å². The maximum absolute atomic E-state index is 13.7. The molecule has 1 aromatic rings. The zero-order valence-electron chi connectivity index (χ0n) is 13.9. The molecule has 130 valence electrons. The highest BCUT2D eigenvalue weighted by atomic mass is 19.1. The van der Waals surface area contributed by atoms with Crippen LogP contribution in [0.2, 0.25) is 0 Å². The Labute approximate surface area is 141 Å². The third-order valence-electron chi connectivity index (χ3n) is 5.51. The van der Waals surface area contributed by atoms with E-state index >= 15 is 0 Å². The van der Waals surface area contributed by atoms with Gasteiger partial charge in [0.15, 0.2) is 6.29 Å². The molecule has 0 unspecified atom stereocenters. The van der Waals surface area contributed by atoms with Crippen LogP contribution in [0.1, 0.15) is 56.4 Å². The van der Waals surface area contributed by atoms with Gasteiger partial charge in [-0.05, 0) is 36.8 Å². The Morgan fingerprint density at radius 3 is 2.12 bits per heavy atom. The van der Waals surface area contributed by atoms with Crippen LogP contribution >= 0.6 is 0 Å². The Morgan fingerprint density at radius 2 is 1.62 bits per heavy atom. The van der Waals surface area contributed by atoms with Crippen molar-refractivity contribution in [1.82, 2.24) is 0 Å². The maximum atomic E-state index is 13.7. The average molecular weight is 335 g/mol. The molecule has 3 nitrogen and oxygen atoms in total. The molecule has 3 rings (SSSR count). The highest BCUT2D eigenvalue weighted by Gasteiger charge is 2.32. The largest absolute Gasteiger partial charge is 0.348 e. The van der Waals surface area contributed by atoms with Crippen molar-refractivity contribution < 1.29 is 18.3 Å². The molecule has 2 fully saturated rings. The highest BCUT2D eigenvalue weighted by molar-refractivity contribution is 5.35. The van der Waals surface area contributed by atoms with Crippen LogP contribution in [-0.4, -0.2) is 13.2 Å². The second kappa shape index (κ2) is 7.58. The van der Waals surface area contributed by atoms with Crippen LogP contribution in [-0.2, 0) is 9.47 Å². The van der Waals surface area contributed by atoms with Crippen LogP contribution in [0.5, 0.6) is 0 Å². The Hall–Kier alpha value is -1.51. The lowest BCUT2D eigenvalue weighted by molar-refractivity contribution is -0.215. The molecule has 24 heavy (non-hydrogen) atoms. The predicted octanol–water partition coefficient (Wildman–Crippen LogP) is 4.71. The summed E-state index contributed by atoms with van der Waals surface area (Å²) in [6, 6.07) is 3.77. The summed E-state index contributed by atoms with van der Waals surface area (Å²) in [5, 5.41) is 8.72. The summed E-state index contributed by atoms with van der Waals surface area (Å²) in [5.41, 5.74) is -0.280. The molecule has 0 bridgehead atoms. The van der Waals surface area contributed by atoms with Crippen LogP contribution in [0.15, 0.2) is 12.1 Å². The Kier molecular flexibility index (Phi) is 5.47. The van der Waals surface area contributed by atoms with Crippen molar-refractivity contribution >= 4 is 0 Å². The van der Waals surface area contributed by atoms with E-state index in [1.165, 1.54) is 38.2 Å². The minimum absolute atomic E-state index is 0.289. The van der Waals surface area contributed by atoms with Gasteiger partial charge in [-0.25, -0.2) is 8.78 Å². The van der Waals surface area contributed by atoms with Crippen molar-refractivity contribution in [3.63, 3.8) is 0 Å². The van der Waals surface area contributed by atoms with Gasteiger partial charge in [-0.2, -0.15) is 5.26 Å². The van der Waals surface area contributed by atoms with E-state index in [9.17, 15) is 8.78 Å². The van der Waals surface area contributed by atoms with Crippen molar-refractivity contribution in [3.05, 3.63) is 34.9 Å². The summed E-state index contributed by atoms with van der Waals surface area (Å²) in [5.74, 6) is 0.0683. The topological polar surface area (TPSA) is 42.2 Å². The van der Waals surface area contributed by atoms with Gasteiger partial charge >= 0.3 is 0 Å². The maximum Gasteiger partial charge on any atom is 0.184 e. The standard InChI is InChI=1S/C19H23F2NO2/c1-2-12-3-5-13(6-4-12)15-10-23-19(24-11-15)14-7-17(20)16(9-22)18(21)8-14/h7-8,12-13,15,19H,2-6,10-11H2,1H3. The molecule has 1 heterocycles. The SMILES string of the molecule is CCC1CCC(C2COC(c3cc(F)c(C#N)c(F)c3)OC2)CC1. The molecule has 0 spiro atoms. The normalized spacial score (nSPS) is 30.8. The molecular formula is C19H23F2NO2. The fourth-order valence-corrected chi connectivity index (χ4v) is 3.89.